The lowest BCUT2D eigenvalue weighted by atomic mass is 9.50. The predicted molar refractivity (Wildman–Crippen MR) is 161 cm³/mol. The maximum Gasteiger partial charge on any atom is 0.320 e. The van der Waals surface area contributed by atoms with Crippen molar-refractivity contribution in [1.82, 2.24) is 19.9 Å². The van der Waals surface area contributed by atoms with Gasteiger partial charge in [0, 0.05) is 35.8 Å². The van der Waals surface area contributed by atoms with Gasteiger partial charge in [0.2, 0.25) is 11.8 Å². The summed E-state index contributed by atoms with van der Waals surface area (Å²) in [7, 11) is 0. The normalized spacial score (nSPS) is 19.2. The van der Waals surface area contributed by atoms with Crippen molar-refractivity contribution < 1.29 is 34.3 Å². The van der Waals surface area contributed by atoms with Crippen LogP contribution in [0.3, 0.4) is 0 Å². The van der Waals surface area contributed by atoms with Gasteiger partial charge in [-0.15, -0.1) is 0 Å². The summed E-state index contributed by atoms with van der Waals surface area (Å²) in [6, 6.07) is 24.3. The Labute approximate surface area is 256 Å². The smallest absolute Gasteiger partial charge is 0.320 e. The Morgan fingerprint density at radius 1 is 0.523 bits per heavy atom. The molecule has 1 aliphatic rings. The molecular formula is C33H38N4O7. The van der Waals surface area contributed by atoms with Crippen molar-refractivity contribution in [3.8, 4) is 23.8 Å². The van der Waals surface area contributed by atoms with E-state index in [9.17, 15) is 15.3 Å². The molecule has 4 aromatic rings. The highest BCUT2D eigenvalue weighted by molar-refractivity contribution is 5.47. The molecule has 232 valence electrons. The van der Waals surface area contributed by atoms with Crippen molar-refractivity contribution in [2.24, 2.45) is 0 Å². The molecule has 0 aliphatic heterocycles. The van der Waals surface area contributed by atoms with E-state index in [0.717, 1.165) is 23.2 Å². The molecule has 3 N–H and O–H groups in total. The largest absolute Gasteiger partial charge is 0.475 e. The zero-order valence-corrected chi connectivity index (χ0v) is 24.7. The first-order valence-corrected chi connectivity index (χ1v) is 14.9. The van der Waals surface area contributed by atoms with Gasteiger partial charge >= 0.3 is 12.0 Å². The summed E-state index contributed by atoms with van der Waals surface area (Å²) >= 11 is 0. The van der Waals surface area contributed by atoms with Crippen molar-refractivity contribution in [3.05, 3.63) is 95.3 Å². The first-order valence-electron chi connectivity index (χ1n) is 14.9. The number of benzene rings is 2. The monoisotopic (exact) mass is 602 g/mol. The lowest BCUT2D eigenvalue weighted by molar-refractivity contribution is 0.175. The Bertz CT molecular complexity index is 1290. The molecule has 2 heterocycles. The van der Waals surface area contributed by atoms with Crippen LogP contribution in [0.4, 0.5) is 0 Å². The number of hydrogen-bond acceptors (Lipinski definition) is 11. The van der Waals surface area contributed by atoms with E-state index < -0.39 is 0 Å². The van der Waals surface area contributed by atoms with Crippen molar-refractivity contribution in [2.45, 2.75) is 37.0 Å². The Hall–Kier alpha value is -4.32. The molecule has 5 rings (SSSR count). The van der Waals surface area contributed by atoms with E-state index in [1.54, 1.807) is 6.07 Å². The molecular weight excluding hydrogens is 564 g/mol. The molecule has 0 saturated heterocycles. The average Bonchev–Trinajstić information content (AvgIpc) is 3.05. The number of aliphatic hydroxyl groups excluding tert-OH is 3. The van der Waals surface area contributed by atoms with Crippen molar-refractivity contribution >= 4 is 0 Å². The first kappa shape index (κ1) is 31.1. The lowest BCUT2D eigenvalue weighted by Gasteiger charge is -2.52. The summed E-state index contributed by atoms with van der Waals surface area (Å²) in [5.74, 6) is 0.138. The van der Waals surface area contributed by atoms with Gasteiger partial charge in [0.25, 0.3) is 0 Å². The van der Waals surface area contributed by atoms with Crippen LogP contribution in [0, 0.1) is 0 Å². The first-order chi connectivity index (χ1) is 21.7. The zero-order chi connectivity index (χ0) is 30.7. The Kier molecular flexibility index (Phi) is 10.9. The van der Waals surface area contributed by atoms with Gasteiger partial charge in [0.15, 0.2) is 0 Å². The van der Waals surface area contributed by atoms with Crippen LogP contribution in [0.5, 0.6) is 23.8 Å². The van der Waals surface area contributed by atoms with Crippen molar-refractivity contribution in [1.29, 1.82) is 0 Å². The third kappa shape index (κ3) is 7.24. The average molecular weight is 603 g/mol. The molecule has 0 spiro atoms. The second kappa shape index (κ2) is 15.4. The van der Waals surface area contributed by atoms with Gasteiger partial charge in [-0.2, -0.15) is 19.9 Å². The van der Waals surface area contributed by atoms with E-state index in [1.807, 2.05) is 49.4 Å². The van der Waals surface area contributed by atoms with Crippen LogP contribution < -0.4 is 18.9 Å². The number of aromatic nitrogens is 4. The molecule has 0 bridgehead atoms. The van der Waals surface area contributed by atoms with E-state index >= 15 is 0 Å². The molecule has 0 radical (unpaired) electrons. The summed E-state index contributed by atoms with van der Waals surface area (Å²) in [5, 5.41) is 28.2. The molecule has 44 heavy (non-hydrogen) atoms. The minimum Gasteiger partial charge on any atom is -0.475 e. The minimum absolute atomic E-state index is 0.0263. The Morgan fingerprint density at radius 2 is 0.932 bits per heavy atom. The molecule has 0 amide bonds. The van der Waals surface area contributed by atoms with Crippen LogP contribution in [-0.4, -0.2) is 81.5 Å². The highest BCUT2D eigenvalue weighted by Crippen LogP contribution is 2.66. The van der Waals surface area contributed by atoms with Crippen molar-refractivity contribution in [3.63, 3.8) is 0 Å². The fourth-order valence-electron chi connectivity index (χ4n) is 5.75. The van der Waals surface area contributed by atoms with Crippen LogP contribution >= 0.6 is 0 Å². The number of nitrogens with zero attached hydrogens (tertiary/aromatic N) is 4. The maximum absolute atomic E-state index is 9.41. The summed E-state index contributed by atoms with van der Waals surface area (Å²) in [6.45, 7) is 2.13. The number of ether oxygens (including phenoxy) is 4. The maximum atomic E-state index is 9.41. The second-order valence-electron chi connectivity index (χ2n) is 10.3. The van der Waals surface area contributed by atoms with Crippen LogP contribution in [-0.2, 0) is 0 Å². The Morgan fingerprint density at radius 3 is 1.34 bits per heavy atom. The van der Waals surface area contributed by atoms with E-state index in [-0.39, 0.29) is 81.2 Å². The zero-order valence-electron chi connectivity index (χ0n) is 24.7. The van der Waals surface area contributed by atoms with E-state index in [4.69, 9.17) is 28.9 Å². The highest BCUT2D eigenvalue weighted by atomic mass is 16.5. The van der Waals surface area contributed by atoms with Crippen molar-refractivity contribution in [2.75, 3.05) is 46.2 Å². The van der Waals surface area contributed by atoms with Gasteiger partial charge in [-0.1, -0.05) is 67.6 Å². The van der Waals surface area contributed by atoms with E-state index in [0.29, 0.717) is 18.2 Å². The molecule has 2 aromatic heterocycles. The van der Waals surface area contributed by atoms with Crippen LogP contribution in [0.1, 0.15) is 59.5 Å². The van der Waals surface area contributed by atoms with Gasteiger partial charge in [-0.3, -0.25) is 0 Å². The van der Waals surface area contributed by atoms with Gasteiger partial charge < -0.3 is 34.3 Å². The van der Waals surface area contributed by atoms with Crippen LogP contribution in [0.25, 0.3) is 0 Å². The standard InChI is InChI=1S/C33H38N4O7/c1-2-16-43-32-34-24(20-26(36-32)41-17-13-38)30-28(22-9-5-3-6-10-22)31(29(30)23-11-7-4-8-12-23)25-21-27(42-18-14-39)37-33(35-25)44-19-15-40/h3-12,20-21,28-31,38-40H,2,13-19H2,1H3/t28-,29-,30?,31?/m1/s1. The summed E-state index contributed by atoms with van der Waals surface area (Å²) < 4.78 is 23.0. The molecule has 2 atom stereocenters. The topological polar surface area (TPSA) is 149 Å². The molecule has 2 aromatic carbocycles. The van der Waals surface area contributed by atoms with Crippen LogP contribution in [0.15, 0.2) is 72.8 Å². The van der Waals surface area contributed by atoms with Crippen LogP contribution in [0.2, 0.25) is 0 Å². The molecule has 11 heteroatoms. The minimum atomic E-state index is -0.192. The molecule has 1 aliphatic carbocycles. The molecule has 1 saturated carbocycles. The number of aliphatic hydroxyl groups is 3. The third-order valence-corrected chi connectivity index (χ3v) is 7.44. The van der Waals surface area contributed by atoms with Gasteiger partial charge in [-0.25, -0.2) is 0 Å². The molecule has 1 fully saturated rings. The highest BCUT2D eigenvalue weighted by Gasteiger charge is 2.54. The number of rotatable bonds is 16. The summed E-state index contributed by atoms with van der Waals surface area (Å²) in [4.78, 5) is 18.5. The van der Waals surface area contributed by atoms with Gasteiger partial charge in [0.05, 0.1) is 37.8 Å². The third-order valence-electron chi connectivity index (χ3n) is 7.44. The summed E-state index contributed by atoms with van der Waals surface area (Å²) in [5.41, 5.74) is 3.64. The predicted octanol–water partition coefficient (Wildman–Crippen LogP) is 3.62. The SMILES string of the molecule is CCCOc1nc(OCCO)cc(C2[C@@H](c3ccccc3)C(c3cc(OCCO)nc(OCCO)n3)[C@@H]2c2ccccc2)n1. The van der Waals surface area contributed by atoms with E-state index in [2.05, 4.69) is 34.2 Å². The second-order valence-corrected chi connectivity index (χ2v) is 10.3. The van der Waals surface area contributed by atoms with E-state index in [1.165, 1.54) is 0 Å². The fraction of sp³-hybridized carbons (Fsp3) is 0.394. The quantitative estimate of drug-likeness (QED) is 0.173. The van der Waals surface area contributed by atoms with Gasteiger partial charge in [0.1, 0.15) is 19.8 Å². The Balaban J connectivity index is 1.67. The van der Waals surface area contributed by atoms with Gasteiger partial charge in [-0.05, 0) is 17.5 Å². The number of hydrogen-bond donors (Lipinski definition) is 3. The lowest BCUT2D eigenvalue weighted by Crippen LogP contribution is -2.41. The summed E-state index contributed by atoms with van der Waals surface area (Å²) in [6.07, 6.45) is 0.792. The fourth-order valence-corrected chi connectivity index (χ4v) is 5.75. The molecule has 11 nitrogen and oxygen atoms in total. The molecule has 0 unspecified atom stereocenters.